The number of nitrogens with zero attached hydrogens (tertiary/aromatic N) is 1. The predicted octanol–water partition coefficient (Wildman–Crippen LogP) is 4.00. The van der Waals surface area contributed by atoms with E-state index in [0.29, 0.717) is 6.04 Å². The van der Waals surface area contributed by atoms with Crippen LogP contribution in [0, 0.1) is 17.2 Å². The van der Waals surface area contributed by atoms with Gasteiger partial charge >= 0.3 is 0 Å². The number of rotatable bonds is 2. The highest BCUT2D eigenvalue weighted by Gasteiger charge is 2.20. The molecule has 15 heavy (non-hydrogen) atoms. The topological polar surface area (TPSA) is 35.8 Å². The molecule has 2 rings (SSSR count). The van der Waals surface area contributed by atoms with E-state index in [1.807, 2.05) is 0 Å². The Hall–Kier alpha value is -0.530. The first-order valence-electron chi connectivity index (χ1n) is 5.19. The van der Waals surface area contributed by atoms with Crippen molar-refractivity contribution < 1.29 is 0 Å². The quantitative estimate of drug-likeness (QED) is 0.891. The van der Waals surface area contributed by atoms with Crippen molar-refractivity contribution >= 4 is 32.3 Å². The number of halogens is 1. The van der Waals surface area contributed by atoms with Crippen molar-refractivity contribution in [2.75, 3.05) is 5.32 Å². The number of anilines is 1. The van der Waals surface area contributed by atoms with E-state index < -0.39 is 0 Å². The molecular formula is C11H13BrN2S. The van der Waals surface area contributed by atoms with Crippen LogP contribution in [0.15, 0.2) is 15.9 Å². The van der Waals surface area contributed by atoms with Gasteiger partial charge in [0.05, 0.1) is 14.9 Å². The highest BCUT2D eigenvalue weighted by molar-refractivity contribution is 9.11. The average molecular weight is 285 g/mol. The van der Waals surface area contributed by atoms with E-state index in [2.05, 4.69) is 39.4 Å². The minimum Gasteiger partial charge on any atom is -0.374 e. The molecule has 1 saturated carbocycles. The fraction of sp³-hybridized carbons (Fsp3) is 0.545. The first kappa shape index (κ1) is 11.0. The molecule has 1 heterocycles. The Balaban J connectivity index is 1.85. The third-order valence-corrected chi connectivity index (χ3v) is 4.38. The molecule has 4 heteroatoms. The molecule has 0 unspecified atom stereocenters. The fourth-order valence-corrected chi connectivity index (χ4v) is 3.32. The summed E-state index contributed by atoms with van der Waals surface area (Å²) in [6, 6.07) is 7.08. The maximum atomic E-state index is 8.80. The number of nitrogens with one attached hydrogen (secondary N) is 1. The molecule has 0 atom stereocenters. The van der Waals surface area contributed by atoms with E-state index in [9.17, 15) is 0 Å². The van der Waals surface area contributed by atoms with Gasteiger partial charge in [-0.2, -0.15) is 5.26 Å². The van der Waals surface area contributed by atoms with Gasteiger partial charge < -0.3 is 5.32 Å². The smallest absolute Gasteiger partial charge is 0.0896 e. The van der Waals surface area contributed by atoms with E-state index in [1.165, 1.54) is 5.00 Å². The van der Waals surface area contributed by atoms with Crippen LogP contribution in [0.5, 0.6) is 0 Å². The van der Waals surface area contributed by atoms with Crippen molar-refractivity contribution in [1.29, 1.82) is 5.26 Å². The third-order valence-electron chi connectivity index (χ3n) is 2.83. The standard InChI is InChI=1S/C11H13BrN2S/c12-10-5-6-11(15-10)14-9-3-1-8(7-13)2-4-9/h5-6,8-9,14H,1-4H2. The second-order valence-corrected chi connectivity index (χ2v) is 6.39. The summed E-state index contributed by atoms with van der Waals surface area (Å²) < 4.78 is 1.16. The molecule has 80 valence electrons. The maximum Gasteiger partial charge on any atom is 0.0896 e. The highest BCUT2D eigenvalue weighted by Crippen LogP contribution is 2.30. The molecule has 1 aliphatic rings. The lowest BCUT2D eigenvalue weighted by atomic mass is 9.87. The Kier molecular flexibility index (Phi) is 3.66. The van der Waals surface area contributed by atoms with Gasteiger partial charge in [-0.3, -0.25) is 0 Å². The van der Waals surface area contributed by atoms with Gasteiger partial charge in [-0.15, -0.1) is 11.3 Å². The second-order valence-electron chi connectivity index (χ2n) is 3.93. The molecule has 0 aliphatic heterocycles. The Morgan fingerprint density at radius 2 is 2.07 bits per heavy atom. The summed E-state index contributed by atoms with van der Waals surface area (Å²) in [7, 11) is 0. The lowest BCUT2D eigenvalue weighted by molar-refractivity contribution is 0.398. The van der Waals surface area contributed by atoms with Crippen molar-refractivity contribution in [2.24, 2.45) is 5.92 Å². The van der Waals surface area contributed by atoms with Crippen molar-refractivity contribution in [3.63, 3.8) is 0 Å². The molecule has 0 aromatic carbocycles. The van der Waals surface area contributed by atoms with Crippen LogP contribution in [0.4, 0.5) is 5.00 Å². The van der Waals surface area contributed by atoms with Gasteiger partial charge in [-0.25, -0.2) is 0 Å². The molecule has 1 aliphatic carbocycles. The van der Waals surface area contributed by atoms with Gasteiger partial charge in [0.15, 0.2) is 0 Å². The van der Waals surface area contributed by atoms with Gasteiger partial charge in [0.25, 0.3) is 0 Å². The number of hydrogen-bond donors (Lipinski definition) is 1. The molecule has 0 amide bonds. The zero-order valence-corrected chi connectivity index (χ0v) is 10.8. The Morgan fingerprint density at radius 3 is 2.60 bits per heavy atom. The van der Waals surface area contributed by atoms with Gasteiger partial charge in [0.2, 0.25) is 0 Å². The summed E-state index contributed by atoms with van der Waals surface area (Å²) >= 11 is 5.18. The molecule has 0 radical (unpaired) electrons. The monoisotopic (exact) mass is 284 g/mol. The molecule has 2 nitrogen and oxygen atoms in total. The largest absolute Gasteiger partial charge is 0.374 e. The van der Waals surface area contributed by atoms with Crippen molar-refractivity contribution in [3.8, 4) is 6.07 Å². The minimum atomic E-state index is 0.290. The zero-order chi connectivity index (χ0) is 10.7. The van der Waals surface area contributed by atoms with Crippen LogP contribution in [0.3, 0.4) is 0 Å². The number of hydrogen-bond acceptors (Lipinski definition) is 3. The molecule has 1 aromatic heterocycles. The van der Waals surface area contributed by atoms with Crippen molar-refractivity contribution in [2.45, 2.75) is 31.7 Å². The van der Waals surface area contributed by atoms with E-state index in [4.69, 9.17) is 5.26 Å². The van der Waals surface area contributed by atoms with Crippen LogP contribution in [0.25, 0.3) is 0 Å². The van der Waals surface area contributed by atoms with Crippen LogP contribution in [0.1, 0.15) is 25.7 Å². The molecule has 1 aromatic rings. The normalized spacial score (nSPS) is 25.9. The van der Waals surface area contributed by atoms with E-state index >= 15 is 0 Å². The molecule has 1 N–H and O–H groups in total. The first-order chi connectivity index (χ1) is 7.28. The number of nitriles is 1. The van der Waals surface area contributed by atoms with Crippen LogP contribution in [-0.4, -0.2) is 6.04 Å². The van der Waals surface area contributed by atoms with Gasteiger partial charge in [0.1, 0.15) is 0 Å². The number of thiophene rings is 1. The second kappa shape index (κ2) is 5.00. The summed E-state index contributed by atoms with van der Waals surface area (Å²) in [5, 5.41) is 13.5. The lowest BCUT2D eigenvalue weighted by Crippen LogP contribution is -2.25. The first-order valence-corrected chi connectivity index (χ1v) is 6.80. The highest BCUT2D eigenvalue weighted by atomic mass is 79.9. The van der Waals surface area contributed by atoms with Crippen molar-refractivity contribution in [1.82, 2.24) is 0 Å². The minimum absolute atomic E-state index is 0.290. The predicted molar refractivity (Wildman–Crippen MR) is 67.0 cm³/mol. The lowest BCUT2D eigenvalue weighted by Gasteiger charge is -2.25. The van der Waals surface area contributed by atoms with Crippen LogP contribution < -0.4 is 5.32 Å². The van der Waals surface area contributed by atoms with E-state index in [1.54, 1.807) is 11.3 Å². The zero-order valence-electron chi connectivity index (χ0n) is 8.37. The Labute approximate surface area is 102 Å². The molecular weight excluding hydrogens is 272 g/mol. The van der Waals surface area contributed by atoms with Crippen LogP contribution in [-0.2, 0) is 0 Å². The van der Waals surface area contributed by atoms with Gasteiger partial charge in [-0.1, -0.05) is 0 Å². The summed E-state index contributed by atoms with van der Waals surface area (Å²) in [6.07, 6.45) is 4.32. The molecule has 0 saturated heterocycles. The Morgan fingerprint density at radius 1 is 1.33 bits per heavy atom. The van der Waals surface area contributed by atoms with Crippen LogP contribution >= 0.6 is 27.3 Å². The molecule has 0 bridgehead atoms. The third kappa shape index (κ3) is 2.96. The SMILES string of the molecule is N#CC1CCC(Nc2ccc(Br)s2)CC1. The summed E-state index contributed by atoms with van der Waals surface area (Å²) in [5.74, 6) is 0.290. The van der Waals surface area contributed by atoms with Gasteiger partial charge in [0, 0.05) is 12.0 Å². The molecule has 1 fully saturated rings. The van der Waals surface area contributed by atoms with E-state index in [-0.39, 0.29) is 5.92 Å². The van der Waals surface area contributed by atoms with Gasteiger partial charge in [-0.05, 0) is 53.7 Å². The average Bonchev–Trinajstić information content (AvgIpc) is 2.65. The maximum absolute atomic E-state index is 8.80. The Bertz CT molecular complexity index is 361. The van der Waals surface area contributed by atoms with Crippen LogP contribution in [0.2, 0.25) is 0 Å². The summed E-state index contributed by atoms with van der Waals surface area (Å²) in [6.45, 7) is 0. The summed E-state index contributed by atoms with van der Waals surface area (Å²) in [5.41, 5.74) is 0. The van der Waals surface area contributed by atoms with Crippen molar-refractivity contribution in [3.05, 3.63) is 15.9 Å². The molecule has 0 spiro atoms. The summed E-state index contributed by atoms with van der Waals surface area (Å²) in [4.78, 5) is 0. The fourth-order valence-electron chi connectivity index (χ4n) is 1.96. The van der Waals surface area contributed by atoms with E-state index in [0.717, 1.165) is 29.5 Å².